The molecule has 0 amide bonds. The lowest BCUT2D eigenvalue weighted by molar-refractivity contribution is 0.492. The monoisotopic (exact) mass is 283 g/mol. The van der Waals surface area contributed by atoms with Crippen LogP contribution in [0, 0.1) is 6.92 Å². The van der Waals surface area contributed by atoms with Crippen molar-refractivity contribution in [3.05, 3.63) is 52.3 Å². The van der Waals surface area contributed by atoms with Gasteiger partial charge in [-0.15, -0.1) is 0 Å². The van der Waals surface area contributed by atoms with Gasteiger partial charge in [0, 0.05) is 30.4 Å². The molecule has 0 saturated heterocycles. The minimum absolute atomic E-state index is 0.307. The Labute approximate surface area is 127 Å². The van der Waals surface area contributed by atoms with Gasteiger partial charge in [0.1, 0.15) is 0 Å². The SMILES string of the molecule is Cc1c(C(C)NC(C)c2ccc3c(c2)CCC3)cnn1C. The lowest BCUT2D eigenvalue weighted by atomic mass is 10.0. The molecular formula is C18H25N3. The molecular weight excluding hydrogens is 258 g/mol. The second-order valence-electron chi connectivity index (χ2n) is 6.30. The third-order valence-corrected chi connectivity index (χ3v) is 4.86. The summed E-state index contributed by atoms with van der Waals surface area (Å²) in [5.41, 5.74) is 7.00. The predicted octanol–water partition coefficient (Wildman–Crippen LogP) is 3.63. The van der Waals surface area contributed by atoms with E-state index in [4.69, 9.17) is 0 Å². The quantitative estimate of drug-likeness (QED) is 0.928. The summed E-state index contributed by atoms with van der Waals surface area (Å²) in [4.78, 5) is 0. The van der Waals surface area contributed by atoms with Crippen molar-refractivity contribution in [2.75, 3.05) is 0 Å². The molecule has 1 N–H and O–H groups in total. The summed E-state index contributed by atoms with van der Waals surface area (Å²) in [5.74, 6) is 0. The molecule has 0 saturated carbocycles. The smallest absolute Gasteiger partial charge is 0.0540 e. The van der Waals surface area contributed by atoms with Crippen molar-refractivity contribution < 1.29 is 0 Å². The number of hydrogen-bond acceptors (Lipinski definition) is 2. The third-order valence-electron chi connectivity index (χ3n) is 4.86. The van der Waals surface area contributed by atoms with E-state index in [1.165, 1.54) is 36.1 Å². The molecule has 112 valence electrons. The molecule has 1 aromatic heterocycles. The highest BCUT2D eigenvalue weighted by Gasteiger charge is 2.17. The van der Waals surface area contributed by atoms with Gasteiger partial charge in [-0.3, -0.25) is 4.68 Å². The molecule has 3 heteroatoms. The zero-order valence-corrected chi connectivity index (χ0v) is 13.5. The Morgan fingerprint density at radius 2 is 1.90 bits per heavy atom. The Morgan fingerprint density at radius 1 is 1.14 bits per heavy atom. The van der Waals surface area contributed by atoms with Gasteiger partial charge in [-0.05, 0) is 56.7 Å². The van der Waals surface area contributed by atoms with E-state index in [2.05, 4.69) is 49.4 Å². The molecule has 1 heterocycles. The zero-order valence-electron chi connectivity index (χ0n) is 13.5. The number of nitrogens with zero attached hydrogens (tertiary/aromatic N) is 2. The first kappa shape index (κ1) is 14.3. The Balaban J connectivity index is 1.74. The maximum Gasteiger partial charge on any atom is 0.0540 e. The lowest BCUT2D eigenvalue weighted by Crippen LogP contribution is -2.23. The van der Waals surface area contributed by atoms with Gasteiger partial charge in [0.25, 0.3) is 0 Å². The van der Waals surface area contributed by atoms with E-state index in [1.54, 1.807) is 11.1 Å². The molecule has 0 bridgehead atoms. The molecule has 0 aliphatic heterocycles. The normalized spacial score (nSPS) is 16.8. The highest BCUT2D eigenvalue weighted by molar-refractivity contribution is 5.36. The molecule has 0 spiro atoms. The van der Waals surface area contributed by atoms with Gasteiger partial charge in [0.05, 0.1) is 6.20 Å². The summed E-state index contributed by atoms with van der Waals surface area (Å²) in [6.45, 7) is 6.59. The fourth-order valence-corrected chi connectivity index (χ4v) is 3.36. The first-order valence-corrected chi connectivity index (χ1v) is 7.92. The van der Waals surface area contributed by atoms with Gasteiger partial charge in [0.15, 0.2) is 0 Å². The van der Waals surface area contributed by atoms with Crippen molar-refractivity contribution in [1.29, 1.82) is 0 Å². The molecule has 1 aliphatic rings. The largest absolute Gasteiger partial charge is 0.304 e. The average molecular weight is 283 g/mol. The fourth-order valence-electron chi connectivity index (χ4n) is 3.36. The van der Waals surface area contributed by atoms with E-state index in [9.17, 15) is 0 Å². The van der Waals surface area contributed by atoms with Crippen molar-refractivity contribution in [3.63, 3.8) is 0 Å². The van der Waals surface area contributed by atoms with Crippen LogP contribution in [0.3, 0.4) is 0 Å². The molecule has 0 radical (unpaired) electrons. The van der Waals surface area contributed by atoms with Gasteiger partial charge >= 0.3 is 0 Å². The molecule has 1 aromatic carbocycles. The summed E-state index contributed by atoms with van der Waals surface area (Å²) >= 11 is 0. The first-order chi connectivity index (χ1) is 10.1. The van der Waals surface area contributed by atoms with Crippen LogP contribution in [0.5, 0.6) is 0 Å². The highest BCUT2D eigenvalue weighted by Crippen LogP contribution is 2.27. The van der Waals surface area contributed by atoms with Gasteiger partial charge < -0.3 is 5.32 Å². The van der Waals surface area contributed by atoms with Crippen LogP contribution in [-0.2, 0) is 19.9 Å². The standard InChI is InChI=1S/C18H25N3/c1-12(16-9-8-15-6-5-7-17(15)10-16)20-13(2)18-11-19-21(4)14(18)3/h8-13,20H,5-7H2,1-4H3. The Morgan fingerprint density at radius 3 is 2.62 bits per heavy atom. The summed E-state index contributed by atoms with van der Waals surface area (Å²) in [6, 6.07) is 7.65. The van der Waals surface area contributed by atoms with E-state index < -0.39 is 0 Å². The summed E-state index contributed by atoms with van der Waals surface area (Å²) in [7, 11) is 2.00. The number of aromatic nitrogens is 2. The topological polar surface area (TPSA) is 29.9 Å². The number of hydrogen-bond donors (Lipinski definition) is 1. The van der Waals surface area contributed by atoms with E-state index >= 15 is 0 Å². The Bertz CT molecular complexity index is 642. The minimum Gasteiger partial charge on any atom is -0.304 e. The van der Waals surface area contributed by atoms with Crippen LogP contribution < -0.4 is 5.32 Å². The van der Waals surface area contributed by atoms with Gasteiger partial charge in [-0.25, -0.2) is 0 Å². The summed E-state index contributed by atoms with van der Waals surface area (Å²) < 4.78 is 1.94. The van der Waals surface area contributed by atoms with E-state index in [1.807, 2.05) is 17.9 Å². The predicted molar refractivity (Wildman–Crippen MR) is 86.4 cm³/mol. The van der Waals surface area contributed by atoms with Crippen molar-refractivity contribution >= 4 is 0 Å². The Kier molecular flexibility index (Phi) is 3.85. The van der Waals surface area contributed by atoms with Gasteiger partial charge in [-0.2, -0.15) is 5.10 Å². The van der Waals surface area contributed by atoms with Crippen LogP contribution >= 0.6 is 0 Å². The Hall–Kier alpha value is -1.61. The van der Waals surface area contributed by atoms with Crippen molar-refractivity contribution in [2.24, 2.45) is 7.05 Å². The number of aryl methyl sites for hydroxylation is 3. The number of nitrogens with one attached hydrogen (secondary N) is 1. The van der Waals surface area contributed by atoms with Crippen molar-refractivity contribution in [3.8, 4) is 0 Å². The van der Waals surface area contributed by atoms with Crippen LogP contribution in [0.1, 0.15) is 60.3 Å². The molecule has 3 nitrogen and oxygen atoms in total. The number of benzene rings is 1. The molecule has 0 fully saturated rings. The maximum atomic E-state index is 4.34. The first-order valence-electron chi connectivity index (χ1n) is 7.92. The van der Waals surface area contributed by atoms with Crippen molar-refractivity contribution in [1.82, 2.24) is 15.1 Å². The van der Waals surface area contributed by atoms with E-state index in [0.717, 1.165) is 0 Å². The second-order valence-corrected chi connectivity index (χ2v) is 6.30. The van der Waals surface area contributed by atoms with Crippen LogP contribution in [0.25, 0.3) is 0 Å². The molecule has 2 atom stereocenters. The minimum atomic E-state index is 0.307. The fraction of sp³-hybridized carbons (Fsp3) is 0.500. The van der Waals surface area contributed by atoms with Crippen molar-refractivity contribution in [2.45, 2.75) is 52.1 Å². The molecule has 21 heavy (non-hydrogen) atoms. The molecule has 3 rings (SSSR count). The highest BCUT2D eigenvalue weighted by atomic mass is 15.3. The maximum absolute atomic E-state index is 4.34. The van der Waals surface area contributed by atoms with E-state index in [-0.39, 0.29) is 0 Å². The molecule has 1 aliphatic carbocycles. The molecule has 2 aromatic rings. The zero-order chi connectivity index (χ0) is 15.0. The van der Waals surface area contributed by atoms with E-state index in [0.29, 0.717) is 12.1 Å². The third kappa shape index (κ3) is 2.75. The van der Waals surface area contributed by atoms with Crippen LogP contribution in [-0.4, -0.2) is 9.78 Å². The van der Waals surface area contributed by atoms with Gasteiger partial charge in [0.2, 0.25) is 0 Å². The number of fused-ring (bicyclic) bond motifs is 1. The van der Waals surface area contributed by atoms with Crippen LogP contribution in [0.4, 0.5) is 0 Å². The van der Waals surface area contributed by atoms with Gasteiger partial charge in [-0.1, -0.05) is 18.2 Å². The average Bonchev–Trinajstić information content (AvgIpc) is 3.05. The summed E-state index contributed by atoms with van der Waals surface area (Å²) in [6.07, 6.45) is 5.78. The van der Waals surface area contributed by atoms with Crippen LogP contribution in [0.2, 0.25) is 0 Å². The number of rotatable bonds is 4. The molecule has 2 unspecified atom stereocenters. The van der Waals surface area contributed by atoms with Crippen LogP contribution in [0.15, 0.2) is 24.4 Å². The second kappa shape index (κ2) is 5.64. The summed E-state index contributed by atoms with van der Waals surface area (Å²) in [5, 5.41) is 8.05. The lowest BCUT2D eigenvalue weighted by Gasteiger charge is -2.21.